The van der Waals surface area contributed by atoms with E-state index in [0.717, 1.165) is 12.8 Å². The van der Waals surface area contributed by atoms with Gasteiger partial charge in [-0.3, -0.25) is 9.59 Å². The lowest BCUT2D eigenvalue weighted by Gasteiger charge is -2.18. The van der Waals surface area contributed by atoms with Crippen molar-refractivity contribution in [2.24, 2.45) is 0 Å². The molecule has 0 radical (unpaired) electrons. The van der Waals surface area contributed by atoms with Gasteiger partial charge in [0.25, 0.3) is 5.91 Å². The highest BCUT2D eigenvalue weighted by atomic mass is 16.2. The molecule has 30 heavy (non-hydrogen) atoms. The molecule has 1 saturated carbocycles. The minimum absolute atomic E-state index is 0.0621. The molecule has 1 fully saturated rings. The van der Waals surface area contributed by atoms with Crippen molar-refractivity contribution in [3.05, 3.63) is 36.0 Å². The van der Waals surface area contributed by atoms with Gasteiger partial charge < -0.3 is 16.0 Å². The van der Waals surface area contributed by atoms with Crippen molar-refractivity contribution in [1.82, 2.24) is 5.32 Å². The Hall–Kier alpha value is -2.81. The first-order chi connectivity index (χ1) is 14.6. The van der Waals surface area contributed by atoms with Crippen molar-refractivity contribution in [2.75, 3.05) is 10.6 Å². The summed E-state index contributed by atoms with van der Waals surface area (Å²) >= 11 is 0. The van der Waals surface area contributed by atoms with Crippen LogP contribution in [0.25, 0.3) is 0 Å². The minimum atomic E-state index is -0.439. The molecule has 162 valence electrons. The van der Waals surface area contributed by atoms with E-state index in [9.17, 15) is 14.9 Å². The first-order valence-corrected chi connectivity index (χ1v) is 11.1. The highest BCUT2D eigenvalue weighted by molar-refractivity contribution is 6.06. The molecule has 0 heterocycles. The zero-order valence-corrected chi connectivity index (χ0v) is 18.0. The van der Waals surface area contributed by atoms with E-state index in [4.69, 9.17) is 0 Å². The number of anilines is 2. The Balaban J connectivity index is 1.91. The molecule has 6 heteroatoms. The summed E-state index contributed by atoms with van der Waals surface area (Å²) < 4.78 is 0. The van der Waals surface area contributed by atoms with Crippen molar-refractivity contribution in [3.8, 4) is 6.07 Å². The van der Waals surface area contributed by atoms with Crippen molar-refractivity contribution in [2.45, 2.75) is 83.6 Å². The lowest BCUT2D eigenvalue weighted by Crippen LogP contribution is -2.26. The molecular weight excluding hydrogens is 376 g/mol. The topological polar surface area (TPSA) is 94.0 Å². The van der Waals surface area contributed by atoms with E-state index >= 15 is 0 Å². The number of benzene rings is 1. The third kappa shape index (κ3) is 9.13. The fraction of sp³-hybridized carbons (Fsp3) is 0.542. The van der Waals surface area contributed by atoms with E-state index in [0.29, 0.717) is 17.4 Å². The van der Waals surface area contributed by atoms with Gasteiger partial charge in [0, 0.05) is 30.5 Å². The van der Waals surface area contributed by atoms with Crippen LogP contribution in [-0.2, 0) is 9.59 Å². The first-order valence-electron chi connectivity index (χ1n) is 11.1. The second-order valence-corrected chi connectivity index (χ2v) is 8.01. The normalized spacial score (nSPS) is 17.0. The summed E-state index contributed by atoms with van der Waals surface area (Å²) in [6, 6.07) is 9.09. The second kappa shape index (κ2) is 13.4. The van der Waals surface area contributed by atoms with E-state index in [1.165, 1.54) is 64.7 Å². The van der Waals surface area contributed by atoms with Gasteiger partial charge in [-0.1, -0.05) is 57.8 Å². The third-order valence-corrected chi connectivity index (χ3v) is 5.40. The minimum Gasteiger partial charge on any atom is -0.387 e. The summed E-state index contributed by atoms with van der Waals surface area (Å²) in [5.41, 5.74) is 1.29. The van der Waals surface area contributed by atoms with E-state index < -0.39 is 5.91 Å². The Morgan fingerprint density at radius 1 is 0.867 bits per heavy atom. The third-order valence-electron chi connectivity index (χ3n) is 5.40. The number of carbonyl (C=O) groups excluding carboxylic acids is 2. The average Bonchev–Trinajstić information content (AvgIpc) is 2.71. The quantitative estimate of drug-likeness (QED) is 0.456. The lowest BCUT2D eigenvalue weighted by molar-refractivity contribution is -0.114. The maximum Gasteiger partial charge on any atom is 0.267 e. The molecule has 0 unspecified atom stereocenters. The fourth-order valence-corrected chi connectivity index (χ4v) is 3.72. The van der Waals surface area contributed by atoms with Crippen molar-refractivity contribution >= 4 is 23.2 Å². The van der Waals surface area contributed by atoms with Gasteiger partial charge in [0.05, 0.1) is 0 Å². The standard InChI is InChI=1S/C24H34N4O2/c1-19(29)27-22-13-15-23(16-14-22)28-24(30)20(17-25)18-26-21-11-9-7-5-3-2-4-6-8-10-12-21/h13-16,18,21,26H,2-12H2,1H3,(H,27,29)(H,28,30)/b20-18-. The molecule has 0 aliphatic heterocycles. The highest BCUT2D eigenvalue weighted by Gasteiger charge is 2.12. The summed E-state index contributed by atoms with van der Waals surface area (Å²) in [5.74, 6) is -0.593. The highest BCUT2D eigenvalue weighted by Crippen LogP contribution is 2.18. The van der Waals surface area contributed by atoms with Crippen LogP contribution in [0.4, 0.5) is 11.4 Å². The number of amides is 2. The molecule has 0 bridgehead atoms. The zero-order valence-electron chi connectivity index (χ0n) is 18.0. The van der Waals surface area contributed by atoms with Gasteiger partial charge in [0.15, 0.2) is 0 Å². The Morgan fingerprint density at radius 2 is 1.33 bits per heavy atom. The number of nitriles is 1. The molecule has 0 spiro atoms. The van der Waals surface area contributed by atoms with Crippen LogP contribution in [0.2, 0.25) is 0 Å². The van der Waals surface area contributed by atoms with Gasteiger partial charge in [-0.15, -0.1) is 0 Å². The SMILES string of the molecule is CC(=O)Nc1ccc(NC(=O)/C(C#N)=C\NC2CCCCCCCCCCC2)cc1. The molecule has 1 aliphatic rings. The summed E-state index contributed by atoms with van der Waals surface area (Å²) in [7, 11) is 0. The van der Waals surface area contributed by atoms with Crippen LogP contribution in [0, 0.1) is 11.3 Å². The number of nitrogens with zero attached hydrogens (tertiary/aromatic N) is 1. The number of rotatable bonds is 5. The smallest absolute Gasteiger partial charge is 0.267 e. The molecule has 0 saturated heterocycles. The molecule has 6 nitrogen and oxygen atoms in total. The van der Waals surface area contributed by atoms with Crippen LogP contribution in [-0.4, -0.2) is 17.9 Å². The maximum absolute atomic E-state index is 12.5. The van der Waals surface area contributed by atoms with Crippen molar-refractivity contribution in [3.63, 3.8) is 0 Å². The van der Waals surface area contributed by atoms with Crippen LogP contribution >= 0.6 is 0 Å². The summed E-state index contributed by atoms with van der Waals surface area (Å²) in [6.45, 7) is 1.44. The number of nitrogens with one attached hydrogen (secondary N) is 3. The molecule has 3 N–H and O–H groups in total. The van der Waals surface area contributed by atoms with Gasteiger partial charge in [-0.25, -0.2) is 0 Å². The predicted octanol–water partition coefficient (Wildman–Crippen LogP) is 5.25. The molecule has 1 aromatic carbocycles. The van der Waals surface area contributed by atoms with Gasteiger partial charge in [0.1, 0.15) is 11.6 Å². The number of hydrogen-bond acceptors (Lipinski definition) is 4. The van der Waals surface area contributed by atoms with Crippen molar-refractivity contribution < 1.29 is 9.59 Å². The monoisotopic (exact) mass is 410 g/mol. The average molecular weight is 411 g/mol. The van der Waals surface area contributed by atoms with Crippen molar-refractivity contribution in [1.29, 1.82) is 5.26 Å². The number of carbonyl (C=O) groups is 2. The summed E-state index contributed by atoms with van der Waals surface area (Å²) in [6.07, 6.45) is 15.2. The summed E-state index contributed by atoms with van der Waals surface area (Å²) in [4.78, 5) is 23.6. The Bertz CT molecular complexity index is 737. The van der Waals surface area contributed by atoms with E-state index in [2.05, 4.69) is 16.0 Å². The lowest BCUT2D eigenvalue weighted by atomic mass is 9.98. The Labute approximate surface area is 180 Å². The molecule has 2 amide bonds. The van der Waals surface area contributed by atoms with E-state index in [-0.39, 0.29) is 11.5 Å². The Morgan fingerprint density at radius 3 is 1.80 bits per heavy atom. The van der Waals surface area contributed by atoms with Crippen LogP contribution in [0.1, 0.15) is 77.6 Å². The van der Waals surface area contributed by atoms with E-state index in [1.807, 2.05) is 6.07 Å². The van der Waals surface area contributed by atoms with Gasteiger partial charge in [-0.05, 0) is 37.1 Å². The first kappa shape index (κ1) is 23.5. The van der Waals surface area contributed by atoms with Gasteiger partial charge in [-0.2, -0.15) is 5.26 Å². The molecule has 2 rings (SSSR count). The van der Waals surface area contributed by atoms with Crippen LogP contribution < -0.4 is 16.0 Å². The number of hydrogen-bond donors (Lipinski definition) is 3. The summed E-state index contributed by atoms with van der Waals surface area (Å²) in [5, 5.41) is 18.2. The second-order valence-electron chi connectivity index (χ2n) is 8.01. The Kier molecular flexibility index (Phi) is 10.5. The predicted molar refractivity (Wildman–Crippen MR) is 121 cm³/mol. The van der Waals surface area contributed by atoms with Gasteiger partial charge >= 0.3 is 0 Å². The molecule has 1 aromatic rings. The van der Waals surface area contributed by atoms with Crippen LogP contribution in [0.3, 0.4) is 0 Å². The molecular formula is C24H34N4O2. The zero-order chi connectivity index (χ0) is 21.6. The largest absolute Gasteiger partial charge is 0.387 e. The molecule has 0 atom stereocenters. The van der Waals surface area contributed by atoms with Crippen LogP contribution in [0.5, 0.6) is 0 Å². The molecule has 1 aliphatic carbocycles. The maximum atomic E-state index is 12.5. The molecule has 0 aromatic heterocycles. The van der Waals surface area contributed by atoms with E-state index in [1.54, 1.807) is 30.5 Å². The fourth-order valence-electron chi connectivity index (χ4n) is 3.72. The van der Waals surface area contributed by atoms with Crippen LogP contribution in [0.15, 0.2) is 36.0 Å². The van der Waals surface area contributed by atoms with Gasteiger partial charge in [0.2, 0.25) is 5.91 Å².